The number of carbonyl (C=O) groups excluding carboxylic acids is 1. The highest BCUT2D eigenvalue weighted by atomic mass is 79.9. The van der Waals surface area contributed by atoms with E-state index < -0.39 is 23.6 Å². The number of nitrogens with two attached hydrogens (primary N) is 1. The molecule has 4 nitrogen and oxygen atoms in total. The third-order valence-electron chi connectivity index (χ3n) is 2.29. The maximum atomic E-state index is 13.4. The van der Waals surface area contributed by atoms with E-state index in [0.717, 1.165) is 12.1 Å². The van der Waals surface area contributed by atoms with Gasteiger partial charge in [0.1, 0.15) is 11.6 Å². The molecule has 0 radical (unpaired) electrons. The minimum absolute atomic E-state index is 0.00488. The van der Waals surface area contributed by atoms with Crippen LogP contribution in [0.2, 0.25) is 0 Å². The van der Waals surface area contributed by atoms with E-state index in [-0.39, 0.29) is 23.1 Å². The summed E-state index contributed by atoms with van der Waals surface area (Å²) in [6.07, 6.45) is -0.474. The van der Waals surface area contributed by atoms with Crippen LogP contribution in [0.4, 0.5) is 14.5 Å². The van der Waals surface area contributed by atoms with E-state index in [9.17, 15) is 13.6 Å². The molecule has 0 bridgehead atoms. The maximum Gasteiger partial charge on any atom is 0.227 e. The molecule has 0 heterocycles. The first-order valence-electron chi connectivity index (χ1n) is 5.15. The molecule has 7 heteroatoms. The van der Waals surface area contributed by atoms with Crippen LogP contribution < -0.4 is 11.1 Å². The molecule has 0 aromatic heterocycles. The van der Waals surface area contributed by atoms with Gasteiger partial charge in [0.15, 0.2) is 0 Å². The Morgan fingerprint density at radius 1 is 1.50 bits per heavy atom. The molecule has 1 atom stereocenters. The molecule has 1 aromatic carbocycles. The van der Waals surface area contributed by atoms with Gasteiger partial charge in [-0.1, -0.05) is 0 Å². The Labute approximate surface area is 112 Å². The fraction of sp³-hybridized carbons (Fsp3) is 0.364. The van der Waals surface area contributed by atoms with Gasteiger partial charge >= 0.3 is 0 Å². The maximum absolute atomic E-state index is 13.4. The fourth-order valence-electron chi connectivity index (χ4n) is 1.29. The summed E-state index contributed by atoms with van der Waals surface area (Å²) in [6.45, 7) is 0.168. The number of amides is 1. The van der Waals surface area contributed by atoms with Crippen LogP contribution in [0.3, 0.4) is 0 Å². The van der Waals surface area contributed by atoms with Crippen LogP contribution in [0.25, 0.3) is 0 Å². The Morgan fingerprint density at radius 2 is 2.17 bits per heavy atom. The zero-order valence-corrected chi connectivity index (χ0v) is 11.3. The predicted octanol–water partition coefficient (Wildman–Crippen LogP) is 2.03. The highest BCUT2D eigenvalue weighted by Crippen LogP contribution is 2.23. The van der Waals surface area contributed by atoms with Crippen molar-refractivity contribution >= 4 is 27.5 Å². The molecule has 1 unspecified atom stereocenters. The Bertz CT molecular complexity index is 439. The van der Waals surface area contributed by atoms with Crippen molar-refractivity contribution in [3.8, 4) is 0 Å². The van der Waals surface area contributed by atoms with Gasteiger partial charge in [-0.3, -0.25) is 4.79 Å². The average Bonchev–Trinajstić information content (AvgIpc) is 2.33. The van der Waals surface area contributed by atoms with E-state index >= 15 is 0 Å². The van der Waals surface area contributed by atoms with Crippen molar-refractivity contribution in [1.82, 2.24) is 0 Å². The largest absolute Gasteiger partial charge is 0.380 e. The fourth-order valence-corrected chi connectivity index (χ4v) is 1.60. The van der Waals surface area contributed by atoms with Crippen molar-refractivity contribution in [1.29, 1.82) is 0 Å². The molecule has 0 fully saturated rings. The molecule has 100 valence electrons. The molecule has 0 aliphatic carbocycles. The highest BCUT2D eigenvalue weighted by Gasteiger charge is 2.14. The van der Waals surface area contributed by atoms with E-state index in [0.29, 0.717) is 0 Å². The van der Waals surface area contributed by atoms with E-state index in [1.807, 2.05) is 0 Å². The molecular weight excluding hydrogens is 310 g/mol. The van der Waals surface area contributed by atoms with E-state index in [4.69, 9.17) is 10.5 Å². The molecular formula is C11H13BrF2N2O2. The first-order valence-corrected chi connectivity index (χ1v) is 5.94. The zero-order valence-electron chi connectivity index (χ0n) is 9.67. The smallest absolute Gasteiger partial charge is 0.227 e. The van der Waals surface area contributed by atoms with Crippen LogP contribution >= 0.6 is 15.9 Å². The lowest BCUT2D eigenvalue weighted by Crippen LogP contribution is -2.28. The van der Waals surface area contributed by atoms with Crippen molar-refractivity contribution in [2.45, 2.75) is 12.5 Å². The Hall–Kier alpha value is -1.05. The molecule has 0 aliphatic heterocycles. The van der Waals surface area contributed by atoms with E-state index in [1.54, 1.807) is 0 Å². The monoisotopic (exact) mass is 322 g/mol. The van der Waals surface area contributed by atoms with Crippen molar-refractivity contribution < 1.29 is 18.3 Å². The number of ether oxygens (including phenoxy) is 1. The molecule has 0 aliphatic rings. The topological polar surface area (TPSA) is 64.3 Å². The van der Waals surface area contributed by atoms with Crippen LogP contribution in [-0.2, 0) is 9.53 Å². The lowest BCUT2D eigenvalue weighted by molar-refractivity contribution is -0.118. The minimum atomic E-state index is -0.724. The third-order valence-corrected chi connectivity index (χ3v) is 2.90. The molecule has 1 amide bonds. The molecule has 1 aromatic rings. The number of anilines is 1. The number of nitrogens with one attached hydrogen (secondary N) is 1. The first-order chi connectivity index (χ1) is 8.47. The Morgan fingerprint density at radius 3 is 2.72 bits per heavy atom. The molecule has 3 N–H and O–H groups in total. The lowest BCUT2D eigenvalue weighted by Gasteiger charge is -2.13. The van der Waals surface area contributed by atoms with Crippen LogP contribution in [0, 0.1) is 11.6 Å². The average molecular weight is 323 g/mol. The van der Waals surface area contributed by atoms with Crippen LogP contribution in [0.15, 0.2) is 16.6 Å². The van der Waals surface area contributed by atoms with Gasteiger partial charge in [-0.15, -0.1) is 0 Å². The SMILES string of the molecule is COC(CN)CC(=O)Nc1cc(F)c(Br)cc1F. The van der Waals surface area contributed by atoms with Gasteiger partial charge in [-0.2, -0.15) is 0 Å². The molecule has 0 saturated carbocycles. The number of methoxy groups -OCH3 is 1. The highest BCUT2D eigenvalue weighted by molar-refractivity contribution is 9.10. The number of rotatable bonds is 5. The number of hydrogen-bond acceptors (Lipinski definition) is 3. The summed E-state index contributed by atoms with van der Waals surface area (Å²) in [4.78, 5) is 11.5. The van der Waals surface area contributed by atoms with Crippen molar-refractivity contribution in [3.05, 3.63) is 28.2 Å². The van der Waals surface area contributed by atoms with Gasteiger partial charge in [0.25, 0.3) is 0 Å². The second kappa shape index (κ2) is 6.77. The van der Waals surface area contributed by atoms with Crippen molar-refractivity contribution in [2.24, 2.45) is 5.73 Å². The van der Waals surface area contributed by atoms with Gasteiger partial charge in [-0.25, -0.2) is 8.78 Å². The second-order valence-corrected chi connectivity index (χ2v) is 4.45. The van der Waals surface area contributed by atoms with Crippen LogP contribution in [-0.4, -0.2) is 25.7 Å². The molecule has 0 saturated heterocycles. The summed E-state index contributed by atoms with van der Waals surface area (Å²) in [5.41, 5.74) is 5.14. The van der Waals surface area contributed by atoms with Crippen LogP contribution in [0.5, 0.6) is 0 Å². The van der Waals surface area contributed by atoms with E-state index in [1.165, 1.54) is 7.11 Å². The van der Waals surface area contributed by atoms with Gasteiger partial charge in [0.2, 0.25) is 5.91 Å². The molecule has 18 heavy (non-hydrogen) atoms. The Kier molecular flexibility index (Phi) is 5.64. The van der Waals surface area contributed by atoms with E-state index in [2.05, 4.69) is 21.2 Å². The standard InChI is InChI=1S/C11H13BrF2N2O2/c1-18-6(5-15)2-11(17)16-10-4-8(13)7(12)3-9(10)14/h3-4,6H,2,5,15H2,1H3,(H,16,17). The first kappa shape index (κ1) is 15.0. The predicted molar refractivity (Wildman–Crippen MR) is 67.2 cm³/mol. The minimum Gasteiger partial charge on any atom is -0.380 e. The normalized spacial score (nSPS) is 12.3. The number of hydrogen-bond donors (Lipinski definition) is 2. The molecule has 1 rings (SSSR count). The summed E-state index contributed by atoms with van der Waals surface area (Å²) >= 11 is 2.84. The number of carbonyl (C=O) groups is 1. The van der Waals surface area contributed by atoms with Gasteiger partial charge in [0.05, 0.1) is 22.7 Å². The van der Waals surface area contributed by atoms with Gasteiger partial charge < -0.3 is 15.8 Å². The third kappa shape index (κ3) is 4.01. The lowest BCUT2D eigenvalue weighted by atomic mass is 10.2. The second-order valence-electron chi connectivity index (χ2n) is 3.59. The van der Waals surface area contributed by atoms with Gasteiger partial charge in [-0.05, 0) is 22.0 Å². The van der Waals surface area contributed by atoms with Crippen molar-refractivity contribution in [2.75, 3.05) is 19.0 Å². The van der Waals surface area contributed by atoms with Crippen LogP contribution in [0.1, 0.15) is 6.42 Å². The van der Waals surface area contributed by atoms with Gasteiger partial charge in [0, 0.05) is 19.7 Å². The quantitative estimate of drug-likeness (QED) is 0.815. The summed E-state index contributed by atoms with van der Waals surface area (Å²) in [5, 5.41) is 2.27. The van der Waals surface area contributed by atoms with Crippen molar-refractivity contribution in [3.63, 3.8) is 0 Å². The Balaban J connectivity index is 2.73. The summed E-state index contributed by atoms with van der Waals surface area (Å²) < 4.78 is 31.5. The zero-order chi connectivity index (χ0) is 13.7. The summed E-state index contributed by atoms with van der Waals surface area (Å²) in [7, 11) is 1.42. The number of halogens is 3. The molecule has 0 spiro atoms. The summed E-state index contributed by atoms with van der Waals surface area (Å²) in [6, 6.07) is 1.85. The number of benzene rings is 1. The summed E-state index contributed by atoms with van der Waals surface area (Å²) in [5.74, 6) is -1.87.